The third-order valence-corrected chi connectivity index (χ3v) is 4.06. The lowest BCUT2D eigenvalue weighted by Gasteiger charge is -2.23. The molecule has 0 fully saturated rings. The number of ether oxygens (including phenoxy) is 2. The van der Waals surface area contributed by atoms with Gasteiger partial charge >= 0.3 is 0 Å². The Bertz CT molecular complexity index is 879. The van der Waals surface area contributed by atoms with Crippen molar-refractivity contribution in [3.8, 4) is 11.5 Å². The molecule has 140 valence electrons. The summed E-state index contributed by atoms with van der Waals surface area (Å²) >= 11 is 0. The molecule has 0 unspecified atom stereocenters. The zero-order valence-electron chi connectivity index (χ0n) is 15.2. The van der Waals surface area contributed by atoms with Crippen molar-refractivity contribution in [3.05, 3.63) is 59.7 Å². The van der Waals surface area contributed by atoms with Crippen molar-refractivity contribution in [3.63, 3.8) is 0 Å². The van der Waals surface area contributed by atoms with Gasteiger partial charge in [0.25, 0.3) is 5.91 Å². The van der Waals surface area contributed by atoms with Crippen LogP contribution in [0.15, 0.2) is 53.5 Å². The zero-order valence-corrected chi connectivity index (χ0v) is 15.2. The first-order valence-corrected chi connectivity index (χ1v) is 8.65. The third-order valence-electron chi connectivity index (χ3n) is 4.06. The molecule has 2 aromatic carbocycles. The largest absolute Gasteiger partial charge is 0.497 e. The Hall–Kier alpha value is -3.35. The lowest BCUT2D eigenvalue weighted by Crippen LogP contribution is -2.47. The van der Waals surface area contributed by atoms with E-state index in [2.05, 4.69) is 15.6 Å². The molecule has 2 amide bonds. The summed E-state index contributed by atoms with van der Waals surface area (Å²) in [4.78, 5) is 29.1. The van der Waals surface area contributed by atoms with Crippen LogP contribution in [0, 0.1) is 0 Å². The molecule has 1 aliphatic heterocycles. The maximum Gasteiger partial charge on any atom is 0.258 e. The number of methoxy groups -OCH3 is 1. The maximum absolute atomic E-state index is 12.5. The van der Waals surface area contributed by atoms with E-state index in [1.165, 1.54) is 7.11 Å². The van der Waals surface area contributed by atoms with Gasteiger partial charge in [0, 0.05) is 11.1 Å². The predicted molar refractivity (Wildman–Crippen MR) is 101 cm³/mol. The van der Waals surface area contributed by atoms with Gasteiger partial charge in [-0.2, -0.15) is 0 Å². The quantitative estimate of drug-likeness (QED) is 0.849. The molecule has 1 aliphatic rings. The maximum atomic E-state index is 12.5. The van der Waals surface area contributed by atoms with E-state index in [1.807, 2.05) is 31.2 Å². The number of hydrogen-bond donors (Lipinski definition) is 2. The SMILES string of the molecule is CCOc1ccccc1[C@H]1CC(=O)NC(NC(=O)c2cccc(OC)c2)=N1. The van der Waals surface area contributed by atoms with Crippen LogP contribution < -0.4 is 20.1 Å². The molecule has 0 radical (unpaired) electrons. The van der Waals surface area contributed by atoms with E-state index in [9.17, 15) is 9.59 Å². The number of aliphatic imine (C=N–C) groups is 1. The van der Waals surface area contributed by atoms with E-state index in [0.29, 0.717) is 23.7 Å². The van der Waals surface area contributed by atoms with Gasteiger partial charge in [-0.15, -0.1) is 0 Å². The van der Waals surface area contributed by atoms with Crippen molar-refractivity contribution >= 4 is 17.8 Å². The molecule has 27 heavy (non-hydrogen) atoms. The highest BCUT2D eigenvalue weighted by atomic mass is 16.5. The Morgan fingerprint density at radius 3 is 2.85 bits per heavy atom. The summed E-state index contributed by atoms with van der Waals surface area (Å²) in [6.45, 7) is 2.41. The first-order valence-electron chi connectivity index (χ1n) is 8.65. The Morgan fingerprint density at radius 1 is 1.26 bits per heavy atom. The summed E-state index contributed by atoms with van der Waals surface area (Å²) in [5, 5.41) is 5.25. The Kier molecular flexibility index (Phi) is 5.71. The van der Waals surface area contributed by atoms with Crippen molar-refractivity contribution < 1.29 is 19.1 Å². The van der Waals surface area contributed by atoms with Gasteiger partial charge in [0.1, 0.15) is 11.5 Å². The zero-order chi connectivity index (χ0) is 19.2. The molecule has 7 nitrogen and oxygen atoms in total. The highest BCUT2D eigenvalue weighted by Gasteiger charge is 2.26. The number of nitrogens with one attached hydrogen (secondary N) is 2. The number of carbonyl (C=O) groups is 2. The average molecular weight is 367 g/mol. The summed E-state index contributed by atoms with van der Waals surface area (Å²) < 4.78 is 10.8. The van der Waals surface area contributed by atoms with E-state index < -0.39 is 6.04 Å². The second-order valence-corrected chi connectivity index (χ2v) is 5.90. The van der Waals surface area contributed by atoms with Crippen LogP contribution in [0.2, 0.25) is 0 Å². The predicted octanol–water partition coefficient (Wildman–Crippen LogP) is 2.44. The number of para-hydroxylation sites is 1. The molecule has 2 aromatic rings. The van der Waals surface area contributed by atoms with E-state index in [0.717, 1.165) is 5.56 Å². The third kappa shape index (κ3) is 4.44. The van der Waals surface area contributed by atoms with Crippen LogP contribution in [0.25, 0.3) is 0 Å². The number of amides is 2. The standard InChI is InChI=1S/C20H21N3O4/c1-3-27-17-10-5-4-9-15(17)16-12-18(24)22-20(21-16)23-19(25)13-7-6-8-14(11-13)26-2/h4-11,16H,3,12H2,1-2H3,(H2,21,22,23,24,25)/t16-/m1/s1. The van der Waals surface area contributed by atoms with Crippen molar-refractivity contribution in [2.24, 2.45) is 4.99 Å². The normalized spacial score (nSPS) is 16.1. The summed E-state index contributed by atoms with van der Waals surface area (Å²) in [5.74, 6) is 0.770. The first kappa shape index (κ1) is 18.4. The summed E-state index contributed by atoms with van der Waals surface area (Å²) in [6.07, 6.45) is 0.183. The number of benzene rings is 2. The fourth-order valence-corrected chi connectivity index (χ4v) is 2.82. The van der Waals surface area contributed by atoms with Crippen LogP contribution >= 0.6 is 0 Å². The van der Waals surface area contributed by atoms with Crippen molar-refractivity contribution in [1.29, 1.82) is 0 Å². The van der Waals surface area contributed by atoms with Crippen LogP contribution in [0.1, 0.15) is 35.3 Å². The molecule has 3 rings (SSSR count). The molecular formula is C20H21N3O4. The van der Waals surface area contributed by atoms with Crippen molar-refractivity contribution in [2.45, 2.75) is 19.4 Å². The van der Waals surface area contributed by atoms with Gasteiger partial charge in [0.2, 0.25) is 11.9 Å². The van der Waals surface area contributed by atoms with Crippen LogP contribution in [-0.2, 0) is 4.79 Å². The number of nitrogens with zero attached hydrogens (tertiary/aromatic N) is 1. The first-order chi connectivity index (χ1) is 13.1. The number of hydrogen-bond acceptors (Lipinski definition) is 5. The molecule has 0 aliphatic carbocycles. The van der Waals surface area contributed by atoms with Crippen molar-refractivity contribution in [1.82, 2.24) is 10.6 Å². The fraction of sp³-hybridized carbons (Fsp3) is 0.250. The number of rotatable bonds is 5. The second kappa shape index (κ2) is 8.35. The molecule has 0 bridgehead atoms. The van der Waals surface area contributed by atoms with Crippen LogP contribution in [0.5, 0.6) is 11.5 Å². The monoisotopic (exact) mass is 367 g/mol. The summed E-state index contributed by atoms with van der Waals surface area (Å²) in [7, 11) is 1.53. The molecule has 0 aromatic heterocycles. The average Bonchev–Trinajstić information content (AvgIpc) is 2.68. The van der Waals surface area contributed by atoms with Gasteiger partial charge in [0.05, 0.1) is 26.2 Å². The van der Waals surface area contributed by atoms with Gasteiger partial charge in [-0.05, 0) is 31.2 Å². The molecule has 0 spiro atoms. The lowest BCUT2D eigenvalue weighted by atomic mass is 10.0. The second-order valence-electron chi connectivity index (χ2n) is 5.90. The molecule has 0 saturated carbocycles. The summed E-state index contributed by atoms with van der Waals surface area (Å²) in [5.41, 5.74) is 1.21. The minimum atomic E-state index is -0.429. The van der Waals surface area contributed by atoms with Crippen molar-refractivity contribution in [2.75, 3.05) is 13.7 Å². The van der Waals surface area contributed by atoms with E-state index >= 15 is 0 Å². The lowest BCUT2D eigenvalue weighted by molar-refractivity contribution is -0.120. The minimum Gasteiger partial charge on any atom is -0.497 e. The van der Waals surface area contributed by atoms with E-state index in [-0.39, 0.29) is 24.2 Å². The molecular weight excluding hydrogens is 346 g/mol. The van der Waals surface area contributed by atoms with Gasteiger partial charge in [-0.25, -0.2) is 4.99 Å². The fourth-order valence-electron chi connectivity index (χ4n) is 2.82. The minimum absolute atomic E-state index is 0.121. The topological polar surface area (TPSA) is 89.0 Å². The number of guanidine groups is 1. The van der Waals surface area contributed by atoms with Crippen LogP contribution in [0.4, 0.5) is 0 Å². The van der Waals surface area contributed by atoms with Gasteiger partial charge in [0.15, 0.2) is 0 Å². The Morgan fingerprint density at radius 2 is 2.07 bits per heavy atom. The summed E-state index contributed by atoms with van der Waals surface area (Å²) in [6, 6.07) is 13.8. The van der Waals surface area contributed by atoms with Gasteiger partial charge in [-0.3, -0.25) is 20.2 Å². The van der Waals surface area contributed by atoms with Crippen LogP contribution in [-0.4, -0.2) is 31.5 Å². The van der Waals surface area contributed by atoms with E-state index in [4.69, 9.17) is 9.47 Å². The molecule has 7 heteroatoms. The highest BCUT2D eigenvalue weighted by molar-refractivity contribution is 6.10. The Balaban J connectivity index is 1.83. The molecule has 1 atom stereocenters. The van der Waals surface area contributed by atoms with Crippen LogP contribution in [0.3, 0.4) is 0 Å². The molecule has 0 saturated heterocycles. The Labute approximate surface area is 157 Å². The number of carbonyl (C=O) groups excluding carboxylic acids is 2. The molecule has 1 heterocycles. The highest BCUT2D eigenvalue weighted by Crippen LogP contribution is 2.31. The van der Waals surface area contributed by atoms with E-state index in [1.54, 1.807) is 24.3 Å². The van der Waals surface area contributed by atoms with Gasteiger partial charge in [-0.1, -0.05) is 24.3 Å². The smallest absolute Gasteiger partial charge is 0.258 e. The molecule has 2 N–H and O–H groups in total. The van der Waals surface area contributed by atoms with Gasteiger partial charge < -0.3 is 9.47 Å².